The number of carboxylic acids is 2. The Bertz CT molecular complexity index is 1060. The van der Waals surface area contributed by atoms with E-state index < -0.39 is 11.9 Å². The first kappa shape index (κ1) is 27.4. The maximum Gasteiger partial charge on any atom is 0.303 e. The summed E-state index contributed by atoms with van der Waals surface area (Å²) in [5, 5.41) is 24.5. The molecule has 180 valence electrons. The summed E-state index contributed by atoms with van der Waals surface area (Å²) in [7, 11) is 0. The highest BCUT2D eigenvalue weighted by atomic mass is 32.1. The molecule has 0 radical (unpaired) electrons. The highest BCUT2D eigenvalue weighted by Crippen LogP contribution is 2.11. The number of aliphatic carboxylic acids is 2. The minimum absolute atomic E-state index is 0.0632. The molecule has 6 nitrogen and oxygen atoms in total. The van der Waals surface area contributed by atoms with E-state index in [-0.39, 0.29) is 19.3 Å². The van der Waals surface area contributed by atoms with Crippen LogP contribution in [0.3, 0.4) is 0 Å². The van der Waals surface area contributed by atoms with Crippen molar-refractivity contribution in [3.63, 3.8) is 0 Å². The van der Waals surface area contributed by atoms with Gasteiger partial charge in [0.05, 0.1) is 0 Å². The van der Waals surface area contributed by atoms with Crippen LogP contribution in [-0.2, 0) is 9.59 Å². The molecule has 4 rings (SSSR count). The van der Waals surface area contributed by atoms with Gasteiger partial charge in [-0.1, -0.05) is 24.3 Å². The zero-order valence-corrected chi connectivity index (χ0v) is 20.6. The third-order valence-electron chi connectivity index (χ3n) is 4.22. The molecule has 0 aliphatic heterocycles. The normalized spacial score (nSPS) is 10.3. The van der Waals surface area contributed by atoms with Crippen molar-refractivity contribution in [2.45, 2.75) is 19.3 Å². The van der Waals surface area contributed by atoms with Crippen LogP contribution in [0.1, 0.15) is 41.5 Å². The van der Waals surface area contributed by atoms with Crippen molar-refractivity contribution >= 4 is 58.9 Å². The molecule has 0 aliphatic rings. The number of thiophene rings is 2. The number of hydrogen-bond acceptors (Lipinski definition) is 6. The van der Waals surface area contributed by atoms with E-state index in [4.69, 9.17) is 10.2 Å². The third kappa shape index (κ3) is 13.4. The first-order valence-corrected chi connectivity index (χ1v) is 12.6. The van der Waals surface area contributed by atoms with Crippen molar-refractivity contribution in [1.82, 2.24) is 9.97 Å². The smallest absolute Gasteiger partial charge is 0.303 e. The monoisotopic (exact) mass is 506 g/mol. The second kappa shape index (κ2) is 16.7. The maximum atomic E-state index is 9.79. The van der Waals surface area contributed by atoms with E-state index in [1.807, 2.05) is 24.3 Å². The van der Waals surface area contributed by atoms with Crippen LogP contribution in [0.15, 0.2) is 82.7 Å². The van der Waals surface area contributed by atoms with Gasteiger partial charge < -0.3 is 10.2 Å². The Kier molecular flexibility index (Phi) is 13.0. The van der Waals surface area contributed by atoms with Crippen LogP contribution in [0.4, 0.5) is 0 Å². The minimum atomic E-state index is -0.948. The summed E-state index contributed by atoms with van der Waals surface area (Å²) in [6.07, 6.45) is 15.7. The van der Waals surface area contributed by atoms with Crippen LogP contribution in [-0.4, -0.2) is 32.1 Å². The number of hydrogen-bond donors (Lipinski definition) is 2. The van der Waals surface area contributed by atoms with Crippen molar-refractivity contribution in [3.8, 4) is 0 Å². The third-order valence-corrected chi connectivity index (χ3v) is 5.62. The number of pyridine rings is 2. The second-order valence-corrected chi connectivity index (χ2v) is 8.54. The highest BCUT2D eigenvalue weighted by molar-refractivity contribution is 7.08. The van der Waals surface area contributed by atoms with E-state index in [0.717, 1.165) is 0 Å². The lowest BCUT2D eigenvalue weighted by molar-refractivity contribution is -0.138. The summed E-state index contributed by atoms with van der Waals surface area (Å²) in [6.45, 7) is 0. The summed E-state index contributed by atoms with van der Waals surface area (Å²) < 4.78 is 0. The fourth-order valence-corrected chi connectivity index (χ4v) is 3.72. The molecule has 0 bridgehead atoms. The molecule has 0 saturated carbocycles. The van der Waals surface area contributed by atoms with E-state index in [1.165, 1.54) is 22.3 Å². The summed E-state index contributed by atoms with van der Waals surface area (Å²) in [5.74, 6) is -1.90. The van der Waals surface area contributed by atoms with E-state index in [2.05, 4.69) is 67.9 Å². The molecule has 4 aromatic heterocycles. The molecule has 0 amide bonds. The van der Waals surface area contributed by atoms with E-state index in [1.54, 1.807) is 47.5 Å². The molecule has 4 aromatic rings. The second-order valence-electron chi connectivity index (χ2n) is 6.98. The summed E-state index contributed by atoms with van der Waals surface area (Å²) in [6, 6.07) is 12.2. The lowest BCUT2D eigenvalue weighted by Gasteiger charge is -1.89. The van der Waals surface area contributed by atoms with Gasteiger partial charge in [0, 0.05) is 37.6 Å². The Morgan fingerprint density at radius 2 is 1.00 bits per heavy atom. The molecule has 2 N–H and O–H groups in total. The number of carbonyl (C=O) groups is 2. The van der Waals surface area contributed by atoms with Gasteiger partial charge in [0.2, 0.25) is 0 Å². The predicted molar refractivity (Wildman–Crippen MR) is 144 cm³/mol. The summed E-state index contributed by atoms with van der Waals surface area (Å²) in [4.78, 5) is 27.5. The molecule has 0 aromatic carbocycles. The molecule has 8 heteroatoms. The van der Waals surface area contributed by atoms with Crippen LogP contribution in [0.25, 0.3) is 24.3 Å². The minimum Gasteiger partial charge on any atom is -0.481 e. The van der Waals surface area contributed by atoms with Gasteiger partial charge in [0.25, 0.3) is 0 Å². The van der Waals surface area contributed by atoms with Crippen molar-refractivity contribution < 1.29 is 19.8 Å². The van der Waals surface area contributed by atoms with Gasteiger partial charge in [-0.05, 0) is 86.6 Å². The first-order chi connectivity index (χ1) is 17.0. The van der Waals surface area contributed by atoms with Gasteiger partial charge in [0.1, 0.15) is 0 Å². The molecule has 0 saturated heterocycles. The van der Waals surface area contributed by atoms with Crippen LogP contribution in [0.2, 0.25) is 0 Å². The van der Waals surface area contributed by atoms with E-state index in [9.17, 15) is 9.59 Å². The SMILES string of the molecule is C(=C\c1ccsc1)/c1ccncc1.C(=C\c1ccsc1)/c1ccncc1.O=C(O)CCCC(=O)O. The van der Waals surface area contributed by atoms with E-state index in [0.29, 0.717) is 0 Å². The predicted octanol–water partition coefficient (Wildman–Crippen LogP) is 6.95. The highest BCUT2D eigenvalue weighted by Gasteiger charge is 1.99. The van der Waals surface area contributed by atoms with Gasteiger partial charge in [-0.2, -0.15) is 22.7 Å². The van der Waals surface area contributed by atoms with Gasteiger partial charge in [-0.15, -0.1) is 0 Å². The van der Waals surface area contributed by atoms with Crippen LogP contribution in [0, 0.1) is 0 Å². The zero-order valence-electron chi connectivity index (χ0n) is 18.9. The quantitative estimate of drug-likeness (QED) is 0.268. The summed E-state index contributed by atoms with van der Waals surface area (Å²) in [5.41, 5.74) is 4.87. The van der Waals surface area contributed by atoms with Gasteiger partial charge in [-0.25, -0.2) is 0 Å². The molecule has 0 aliphatic carbocycles. The molecule has 0 atom stereocenters. The van der Waals surface area contributed by atoms with Crippen molar-refractivity contribution in [3.05, 3.63) is 105 Å². The van der Waals surface area contributed by atoms with Crippen molar-refractivity contribution in [2.24, 2.45) is 0 Å². The summed E-state index contributed by atoms with van der Waals surface area (Å²) >= 11 is 3.42. The fourth-order valence-electron chi connectivity index (χ4n) is 2.46. The molecular formula is C27H26N2O4S2. The molecule has 4 heterocycles. The fraction of sp³-hybridized carbons (Fsp3) is 0.111. The number of rotatable bonds is 8. The largest absolute Gasteiger partial charge is 0.481 e. The van der Waals surface area contributed by atoms with Gasteiger partial charge >= 0.3 is 11.9 Å². The van der Waals surface area contributed by atoms with Gasteiger partial charge in [-0.3, -0.25) is 19.6 Å². The van der Waals surface area contributed by atoms with Crippen LogP contribution >= 0.6 is 22.7 Å². The lowest BCUT2D eigenvalue weighted by Crippen LogP contribution is -1.98. The molecule has 0 fully saturated rings. The number of carboxylic acid groups (broad SMARTS) is 2. The number of nitrogens with zero attached hydrogens (tertiary/aromatic N) is 2. The van der Waals surface area contributed by atoms with Crippen molar-refractivity contribution in [1.29, 1.82) is 0 Å². The number of aromatic nitrogens is 2. The Morgan fingerprint density at radius 1 is 0.629 bits per heavy atom. The maximum absolute atomic E-state index is 9.79. The Hall–Kier alpha value is -3.88. The first-order valence-electron chi connectivity index (χ1n) is 10.7. The Balaban J connectivity index is 0.000000190. The Morgan fingerprint density at radius 3 is 1.31 bits per heavy atom. The van der Waals surface area contributed by atoms with Crippen LogP contribution < -0.4 is 0 Å². The standard InChI is InChI=1S/2C11H9NS.C5H8O4/c2*1(2-11-5-8-13-9-11)10-3-6-12-7-4-10;6-4(7)2-1-3-5(8)9/h2*1-9H;1-3H2,(H,6,7)(H,8,9)/b2*2-1+;. The molecule has 35 heavy (non-hydrogen) atoms. The van der Waals surface area contributed by atoms with E-state index >= 15 is 0 Å². The zero-order chi connectivity index (χ0) is 25.1. The molecular weight excluding hydrogens is 480 g/mol. The average Bonchev–Trinajstić information content (AvgIpc) is 3.58. The molecule has 0 spiro atoms. The molecule has 0 unspecified atom stereocenters. The van der Waals surface area contributed by atoms with Crippen molar-refractivity contribution in [2.75, 3.05) is 0 Å². The van der Waals surface area contributed by atoms with Crippen LogP contribution in [0.5, 0.6) is 0 Å². The topological polar surface area (TPSA) is 100 Å². The average molecular weight is 507 g/mol. The van der Waals surface area contributed by atoms with Gasteiger partial charge in [0.15, 0.2) is 0 Å². The Labute approximate surface area is 212 Å². The lowest BCUT2D eigenvalue weighted by atomic mass is 10.2.